The van der Waals surface area contributed by atoms with Crippen molar-refractivity contribution in [1.29, 1.82) is 0 Å². The second kappa shape index (κ2) is 24.8. The summed E-state index contributed by atoms with van der Waals surface area (Å²) in [5, 5.41) is 5.81. The molecule has 11 nitrogen and oxygen atoms in total. The molecule has 0 aliphatic heterocycles. The number of hydrogen-bond donors (Lipinski definition) is 2. The van der Waals surface area contributed by atoms with Gasteiger partial charge in [0.15, 0.2) is 6.10 Å². The Kier molecular flexibility index (Phi) is 19.6. The third kappa shape index (κ3) is 16.6. The summed E-state index contributed by atoms with van der Waals surface area (Å²) in [5.41, 5.74) is 5.02. The first-order chi connectivity index (χ1) is 31.8. The van der Waals surface area contributed by atoms with Gasteiger partial charge in [0.05, 0.1) is 17.7 Å². The molecule has 15 heteroatoms. The number of halogens is 4. The van der Waals surface area contributed by atoms with Gasteiger partial charge in [-0.05, 0) is 77.8 Å². The summed E-state index contributed by atoms with van der Waals surface area (Å²) in [5.74, 6) is -2.00. The Morgan fingerprint density at radius 2 is 1.46 bits per heavy atom. The number of alkyl carbamates (subject to hydrolysis) is 1. The third-order valence-electron chi connectivity index (χ3n) is 10.9. The van der Waals surface area contributed by atoms with Crippen molar-refractivity contribution in [3.05, 3.63) is 143 Å². The Morgan fingerprint density at radius 1 is 0.821 bits per heavy atom. The number of carbonyl (C=O) groups is 4. The van der Waals surface area contributed by atoms with Gasteiger partial charge in [-0.2, -0.15) is 0 Å². The van der Waals surface area contributed by atoms with E-state index in [0.717, 1.165) is 27.8 Å². The molecule has 4 aromatic rings. The number of alkyl halides is 3. The molecule has 67 heavy (non-hydrogen) atoms. The van der Waals surface area contributed by atoms with Crippen LogP contribution in [-0.4, -0.2) is 78.5 Å². The summed E-state index contributed by atoms with van der Waals surface area (Å²) in [6, 6.07) is 29.7. The fourth-order valence-electron chi connectivity index (χ4n) is 7.58. The Bertz CT molecular complexity index is 2320. The maximum atomic E-state index is 14.1. The Labute approximate surface area is 413 Å². The number of esters is 2. The summed E-state index contributed by atoms with van der Waals surface area (Å²) in [6.07, 6.45) is 4.79. The summed E-state index contributed by atoms with van der Waals surface area (Å²) in [7, 11) is 1.48. The van der Waals surface area contributed by atoms with Crippen molar-refractivity contribution in [3.8, 4) is 16.9 Å². The van der Waals surface area contributed by atoms with E-state index < -0.39 is 58.2 Å². The smallest absolute Gasteiger partial charge is 0.407 e. The molecular formula is C52H58Cl4N2O9. The molecule has 0 saturated heterocycles. The van der Waals surface area contributed by atoms with E-state index in [1.54, 1.807) is 38.1 Å². The lowest BCUT2D eigenvalue weighted by atomic mass is 9.98. The van der Waals surface area contributed by atoms with Crippen LogP contribution in [-0.2, 0) is 39.8 Å². The molecule has 0 spiro atoms. The maximum Gasteiger partial charge on any atom is 0.407 e. The molecule has 0 radical (unpaired) electrons. The van der Waals surface area contributed by atoms with Gasteiger partial charge in [0.2, 0.25) is 9.70 Å². The van der Waals surface area contributed by atoms with E-state index in [1.165, 1.54) is 13.2 Å². The first-order valence-corrected chi connectivity index (χ1v) is 23.6. The third-order valence-corrected chi connectivity index (χ3v) is 11.6. The topological polar surface area (TPSA) is 138 Å². The molecule has 0 saturated carbocycles. The second-order valence-corrected chi connectivity index (χ2v) is 20.3. The summed E-state index contributed by atoms with van der Waals surface area (Å²) in [4.78, 5) is 53.8. The molecule has 0 heterocycles. The Morgan fingerprint density at radius 3 is 2.07 bits per heavy atom. The molecule has 4 atom stereocenters. The zero-order valence-electron chi connectivity index (χ0n) is 38.4. The molecule has 0 fully saturated rings. The number of methoxy groups -OCH3 is 1. The number of nitrogens with one attached hydrogen (secondary N) is 2. The quantitative estimate of drug-likeness (QED) is 0.0341. The van der Waals surface area contributed by atoms with Crippen molar-refractivity contribution in [3.63, 3.8) is 0 Å². The summed E-state index contributed by atoms with van der Waals surface area (Å²) in [6.45, 7) is 9.07. The van der Waals surface area contributed by atoms with E-state index in [-0.39, 0.29) is 43.7 Å². The maximum absolute atomic E-state index is 14.1. The Hall–Kier alpha value is -5.04. The molecule has 4 aromatic carbocycles. The lowest BCUT2D eigenvalue weighted by molar-refractivity contribution is -0.175. The van der Waals surface area contributed by atoms with Gasteiger partial charge >= 0.3 is 18.0 Å². The highest BCUT2D eigenvalue weighted by Gasteiger charge is 2.34. The van der Waals surface area contributed by atoms with Crippen molar-refractivity contribution >= 4 is 76.4 Å². The van der Waals surface area contributed by atoms with Gasteiger partial charge in [0, 0.05) is 31.2 Å². The molecule has 1 aliphatic rings. The van der Waals surface area contributed by atoms with Gasteiger partial charge in [-0.25, -0.2) is 14.4 Å². The first-order valence-electron chi connectivity index (χ1n) is 22.1. The number of amides is 2. The largest absolute Gasteiger partial charge is 0.495 e. The van der Waals surface area contributed by atoms with Crippen LogP contribution in [0.1, 0.15) is 75.6 Å². The van der Waals surface area contributed by atoms with Crippen molar-refractivity contribution in [2.75, 3.05) is 26.9 Å². The Balaban J connectivity index is 1.25. The molecule has 358 valence electrons. The predicted molar refractivity (Wildman–Crippen MR) is 265 cm³/mol. The molecule has 2 N–H and O–H groups in total. The highest BCUT2D eigenvalue weighted by molar-refractivity contribution is 6.67. The van der Waals surface area contributed by atoms with Gasteiger partial charge < -0.3 is 34.3 Å². The van der Waals surface area contributed by atoms with Crippen LogP contribution in [0.25, 0.3) is 17.2 Å². The van der Waals surface area contributed by atoms with Gasteiger partial charge in [0.1, 0.15) is 31.1 Å². The monoisotopic (exact) mass is 994 g/mol. The van der Waals surface area contributed by atoms with Crippen molar-refractivity contribution in [1.82, 2.24) is 10.6 Å². The highest BCUT2D eigenvalue weighted by Crippen LogP contribution is 2.44. The molecule has 0 aromatic heterocycles. The minimum Gasteiger partial charge on any atom is -0.495 e. The minimum absolute atomic E-state index is 0.00165. The van der Waals surface area contributed by atoms with Crippen molar-refractivity contribution in [2.24, 2.45) is 11.8 Å². The molecule has 1 aliphatic carbocycles. The van der Waals surface area contributed by atoms with Crippen LogP contribution in [0.2, 0.25) is 5.02 Å². The van der Waals surface area contributed by atoms with E-state index in [1.807, 2.05) is 87.5 Å². The van der Waals surface area contributed by atoms with Crippen LogP contribution < -0.4 is 15.4 Å². The highest BCUT2D eigenvalue weighted by atomic mass is 35.6. The fraction of sp³-hybridized carbons (Fsp3) is 0.385. The molecule has 2 amide bonds. The van der Waals surface area contributed by atoms with Gasteiger partial charge in [-0.3, -0.25) is 4.79 Å². The predicted octanol–water partition coefficient (Wildman–Crippen LogP) is 11.2. The molecule has 5 rings (SSSR count). The minimum atomic E-state index is -1.87. The van der Waals surface area contributed by atoms with E-state index >= 15 is 0 Å². The van der Waals surface area contributed by atoms with Crippen LogP contribution in [0, 0.1) is 11.8 Å². The van der Waals surface area contributed by atoms with Crippen LogP contribution in [0.5, 0.6) is 5.75 Å². The van der Waals surface area contributed by atoms with Gasteiger partial charge in [-0.1, -0.05) is 170 Å². The first kappa shape index (κ1) is 52.9. The number of ether oxygens (including phenoxy) is 5. The average Bonchev–Trinajstić information content (AvgIpc) is 3.61. The number of carbonyl (C=O) groups excluding carboxylic acids is 4. The SMILES string of the molecule is COc1ccc(C[C@@H](NC(=O)/C=C/C[C@H](OC(=O)[C@@H](CC(C)C)OC(C)(C)CNC(=O)OCC2c3ccccc3-c3ccccc32)[C@H](C)/C=C/c2ccccc2)C(=O)OCC(Cl)(Cl)Cl)cc1Cl. The van der Waals surface area contributed by atoms with E-state index in [0.29, 0.717) is 22.8 Å². The van der Waals surface area contributed by atoms with E-state index in [2.05, 4.69) is 34.9 Å². The van der Waals surface area contributed by atoms with Crippen LogP contribution in [0.3, 0.4) is 0 Å². The number of fused-ring (bicyclic) bond motifs is 3. The van der Waals surface area contributed by atoms with Gasteiger partial charge in [0.25, 0.3) is 0 Å². The fourth-order valence-corrected chi connectivity index (χ4v) is 8.02. The van der Waals surface area contributed by atoms with E-state index in [4.69, 9.17) is 70.1 Å². The number of benzene rings is 4. The number of rotatable bonds is 22. The van der Waals surface area contributed by atoms with Crippen LogP contribution in [0.4, 0.5) is 4.79 Å². The average molecular weight is 997 g/mol. The zero-order valence-corrected chi connectivity index (χ0v) is 41.5. The van der Waals surface area contributed by atoms with Crippen LogP contribution >= 0.6 is 46.4 Å². The lowest BCUT2D eigenvalue weighted by Crippen LogP contribution is -2.46. The second-order valence-electron chi connectivity index (χ2n) is 17.4. The van der Waals surface area contributed by atoms with Crippen molar-refractivity contribution < 1.29 is 42.9 Å². The summed E-state index contributed by atoms with van der Waals surface area (Å²) < 4.78 is 27.0. The lowest BCUT2D eigenvalue weighted by Gasteiger charge is -2.32. The van der Waals surface area contributed by atoms with E-state index in [9.17, 15) is 19.2 Å². The zero-order chi connectivity index (χ0) is 48.7. The standard InChI is InChI=1S/C52H58Cl4N2O9/c1-33(2)27-46(67-51(4,5)31-57-50(62)64-30-41-39-19-12-10-17-37(39)38-18-11-13-20-40(38)41)49(61)66-44(34(3)23-24-35-15-8-7-9-16-35)21-14-22-47(59)58-43(48(60)65-32-52(54,55)56)29-36-25-26-45(63-6)42(53)28-36/h7-20,22-26,28,33-34,41,43-44,46H,21,27,29-32H2,1-6H3,(H,57,62)(H,58,59)/b22-14+,24-23+/t34-,43-,44+,46-/m1/s1. The molecular weight excluding hydrogens is 938 g/mol. The van der Waals surface area contributed by atoms with Crippen molar-refractivity contribution in [2.45, 2.75) is 87.4 Å². The molecule has 0 unspecified atom stereocenters. The van der Waals surface area contributed by atoms with Crippen LogP contribution in [0.15, 0.2) is 115 Å². The normalized spacial score (nSPS) is 14.5. The molecule has 0 bridgehead atoms. The summed E-state index contributed by atoms with van der Waals surface area (Å²) >= 11 is 23.8. The van der Waals surface area contributed by atoms with Gasteiger partial charge in [-0.15, -0.1) is 0 Å². The number of hydrogen-bond acceptors (Lipinski definition) is 9.